The molecule has 28 heavy (non-hydrogen) atoms. The van der Waals surface area contributed by atoms with E-state index in [0.29, 0.717) is 0 Å². The SMILES string of the molecule is O=S(=O)(Nc1ccc(OC(F)F)cc1)c1cc(C(F)(F)F)cc(C(F)(F)F)c1. The first kappa shape index (κ1) is 21.7. The van der Waals surface area contributed by atoms with E-state index >= 15 is 0 Å². The predicted molar refractivity (Wildman–Crippen MR) is 80.3 cm³/mol. The molecular formula is C15H9F8NO3S. The van der Waals surface area contributed by atoms with Gasteiger partial charge in [0.15, 0.2) is 0 Å². The van der Waals surface area contributed by atoms with Crippen molar-refractivity contribution < 1.29 is 48.3 Å². The van der Waals surface area contributed by atoms with E-state index in [1.807, 2.05) is 0 Å². The number of halogens is 8. The van der Waals surface area contributed by atoms with Crippen molar-refractivity contribution in [1.29, 1.82) is 0 Å². The maximum absolute atomic E-state index is 12.8. The summed E-state index contributed by atoms with van der Waals surface area (Å²) < 4.78 is 131. The first-order valence-corrected chi connectivity index (χ1v) is 8.54. The fraction of sp³-hybridized carbons (Fsp3) is 0.200. The van der Waals surface area contributed by atoms with E-state index in [1.54, 1.807) is 4.72 Å². The number of benzene rings is 2. The minimum atomic E-state index is -5.22. The molecule has 0 unspecified atom stereocenters. The smallest absolute Gasteiger partial charge is 0.416 e. The quantitative estimate of drug-likeness (QED) is 0.663. The summed E-state index contributed by atoms with van der Waals surface area (Å²) in [7, 11) is -4.85. The highest BCUT2D eigenvalue weighted by atomic mass is 32.2. The summed E-state index contributed by atoms with van der Waals surface area (Å²) in [5.41, 5.74) is -3.90. The van der Waals surface area contributed by atoms with E-state index in [4.69, 9.17) is 0 Å². The van der Waals surface area contributed by atoms with Crippen molar-refractivity contribution in [2.24, 2.45) is 0 Å². The average molecular weight is 435 g/mol. The first-order valence-electron chi connectivity index (χ1n) is 7.06. The molecule has 0 aliphatic rings. The number of alkyl halides is 8. The molecule has 0 heterocycles. The predicted octanol–water partition coefficient (Wildman–Crippen LogP) is 5.13. The molecule has 0 bridgehead atoms. The van der Waals surface area contributed by atoms with Crippen LogP contribution in [0, 0.1) is 0 Å². The Morgan fingerprint density at radius 3 is 1.68 bits per heavy atom. The highest BCUT2D eigenvalue weighted by molar-refractivity contribution is 7.92. The van der Waals surface area contributed by atoms with Gasteiger partial charge in [-0.25, -0.2) is 8.42 Å². The summed E-state index contributed by atoms with van der Waals surface area (Å²) in [5, 5.41) is 0. The molecule has 4 nitrogen and oxygen atoms in total. The summed E-state index contributed by atoms with van der Waals surface area (Å²) in [6.45, 7) is -3.14. The zero-order chi connectivity index (χ0) is 21.3. The van der Waals surface area contributed by atoms with Gasteiger partial charge in [-0.1, -0.05) is 0 Å². The Bertz CT molecular complexity index is 905. The number of nitrogens with one attached hydrogen (secondary N) is 1. The summed E-state index contributed by atoms with van der Waals surface area (Å²) in [6.07, 6.45) is -10.4. The molecule has 0 aliphatic heterocycles. The normalized spacial score (nSPS) is 12.9. The second-order valence-corrected chi connectivity index (χ2v) is 6.93. The van der Waals surface area contributed by atoms with Crippen molar-refractivity contribution in [3.8, 4) is 5.75 Å². The highest BCUT2D eigenvalue weighted by Crippen LogP contribution is 2.37. The zero-order valence-electron chi connectivity index (χ0n) is 13.3. The molecular weight excluding hydrogens is 426 g/mol. The van der Waals surface area contributed by atoms with Crippen molar-refractivity contribution >= 4 is 15.7 Å². The standard InChI is InChI=1S/C15H9F8NO3S/c16-13(17)27-11-3-1-10(2-4-11)24-28(25,26)12-6-8(14(18,19)20)5-9(7-12)15(21,22)23/h1-7,13,24H. The van der Waals surface area contributed by atoms with Crippen molar-refractivity contribution in [3.63, 3.8) is 0 Å². The van der Waals surface area contributed by atoms with Gasteiger partial charge in [-0.2, -0.15) is 35.1 Å². The Hall–Kier alpha value is -2.57. The van der Waals surface area contributed by atoms with Crippen LogP contribution >= 0.6 is 0 Å². The first-order chi connectivity index (χ1) is 12.7. The summed E-state index contributed by atoms with van der Waals surface area (Å²) in [4.78, 5) is -1.28. The van der Waals surface area contributed by atoms with E-state index in [9.17, 15) is 43.5 Å². The van der Waals surface area contributed by atoms with Crippen LogP contribution < -0.4 is 9.46 Å². The van der Waals surface area contributed by atoms with Gasteiger partial charge < -0.3 is 4.74 Å². The van der Waals surface area contributed by atoms with Crippen LogP contribution in [0.5, 0.6) is 5.75 Å². The Kier molecular flexibility index (Phi) is 5.78. The lowest BCUT2D eigenvalue weighted by atomic mass is 10.1. The van der Waals surface area contributed by atoms with Crippen LogP contribution in [0.2, 0.25) is 0 Å². The third-order valence-electron chi connectivity index (χ3n) is 3.20. The molecule has 0 saturated carbocycles. The Balaban J connectivity index is 2.41. The van der Waals surface area contributed by atoms with E-state index in [0.717, 1.165) is 24.3 Å². The fourth-order valence-corrected chi connectivity index (χ4v) is 3.13. The van der Waals surface area contributed by atoms with E-state index in [2.05, 4.69) is 4.74 Å². The van der Waals surface area contributed by atoms with Gasteiger partial charge in [-0.3, -0.25) is 4.72 Å². The van der Waals surface area contributed by atoms with Gasteiger partial charge in [0.05, 0.1) is 16.0 Å². The Morgan fingerprint density at radius 1 is 0.821 bits per heavy atom. The lowest BCUT2D eigenvalue weighted by Gasteiger charge is -2.15. The van der Waals surface area contributed by atoms with Crippen molar-refractivity contribution in [2.75, 3.05) is 4.72 Å². The van der Waals surface area contributed by atoms with Crippen LogP contribution in [0.25, 0.3) is 0 Å². The lowest BCUT2D eigenvalue weighted by Crippen LogP contribution is -2.17. The van der Waals surface area contributed by atoms with Crippen LogP contribution in [0.15, 0.2) is 47.4 Å². The van der Waals surface area contributed by atoms with E-state index < -0.39 is 45.0 Å². The molecule has 13 heteroatoms. The molecule has 2 aromatic carbocycles. The van der Waals surface area contributed by atoms with Gasteiger partial charge in [-0.15, -0.1) is 0 Å². The fourth-order valence-electron chi connectivity index (χ4n) is 2.00. The summed E-state index contributed by atoms with van der Waals surface area (Å²) >= 11 is 0. The minimum Gasteiger partial charge on any atom is -0.435 e. The minimum absolute atomic E-state index is 0.0475. The molecule has 1 N–H and O–H groups in total. The molecule has 0 saturated heterocycles. The monoisotopic (exact) mass is 435 g/mol. The molecule has 0 atom stereocenters. The van der Waals surface area contributed by atoms with Gasteiger partial charge in [0.25, 0.3) is 10.0 Å². The molecule has 0 amide bonds. The molecule has 0 radical (unpaired) electrons. The molecule has 0 aliphatic carbocycles. The number of hydrogen-bond acceptors (Lipinski definition) is 3. The van der Waals surface area contributed by atoms with Gasteiger partial charge >= 0.3 is 19.0 Å². The van der Waals surface area contributed by atoms with Crippen LogP contribution in [0.3, 0.4) is 0 Å². The largest absolute Gasteiger partial charge is 0.435 e. The number of hydrogen-bond donors (Lipinski definition) is 1. The summed E-state index contributed by atoms with van der Waals surface area (Å²) in [5.74, 6) is -0.337. The summed E-state index contributed by atoms with van der Waals surface area (Å²) in [6, 6.07) is 3.61. The van der Waals surface area contributed by atoms with E-state index in [1.165, 1.54) is 0 Å². The van der Waals surface area contributed by atoms with Crippen LogP contribution in [0.1, 0.15) is 11.1 Å². The highest BCUT2D eigenvalue weighted by Gasteiger charge is 2.38. The van der Waals surface area contributed by atoms with Gasteiger partial charge in [0, 0.05) is 5.69 Å². The van der Waals surface area contributed by atoms with Crippen molar-refractivity contribution in [3.05, 3.63) is 53.6 Å². The molecule has 2 aromatic rings. The van der Waals surface area contributed by atoms with Crippen molar-refractivity contribution in [2.45, 2.75) is 23.9 Å². The van der Waals surface area contributed by atoms with Crippen molar-refractivity contribution in [1.82, 2.24) is 0 Å². The Labute approximate surface area is 152 Å². The molecule has 2 rings (SSSR count). The van der Waals surface area contributed by atoms with Gasteiger partial charge in [-0.05, 0) is 42.5 Å². The maximum atomic E-state index is 12.8. The van der Waals surface area contributed by atoms with Crippen LogP contribution in [-0.4, -0.2) is 15.0 Å². The second-order valence-electron chi connectivity index (χ2n) is 5.25. The number of anilines is 1. The molecule has 0 aromatic heterocycles. The Morgan fingerprint density at radius 2 is 1.29 bits per heavy atom. The molecule has 0 fully saturated rings. The molecule has 154 valence electrons. The van der Waals surface area contributed by atoms with Crippen LogP contribution in [0.4, 0.5) is 40.8 Å². The second kappa shape index (κ2) is 7.45. The third kappa shape index (κ3) is 5.47. The topological polar surface area (TPSA) is 55.4 Å². The maximum Gasteiger partial charge on any atom is 0.416 e. The van der Waals surface area contributed by atoms with Gasteiger partial charge in [0.1, 0.15) is 5.75 Å². The molecule has 0 spiro atoms. The average Bonchev–Trinajstić information content (AvgIpc) is 2.54. The number of rotatable bonds is 5. The lowest BCUT2D eigenvalue weighted by molar-refractivity contribution is -0.143. The third-order valence-corrected chi connectivity index (χ3v) is 4.56. The zero-order valence-corrected chi connectivity index (χ0v) is 14.1. The number of ether oxygens (including phenoxy) is 1. The van der Waals surface area contributed by atoms with Crippen LogP contribution in [-0.2, 0) is 22.4 Å². The van der Waals surface area contributed by atoms with E-state index in [-0.39, 0.29) is 29.6 Å². The number of sulfonamides is 1. The van der Waals surface area contributed by atoms with Gasteiger partial charge in [0.2, 0.25) is 0 Å².